The molecule has 1 aliphatic carbocycles. The van der Waals surface area contributed by atoms with Crippen LogP contribution in [0.4, 0.5) is 0 Å². The molecule has 0 saturated carbocycles. The number of aliphatic carboxylic acids is 1. The predicted octanol–water partition coefficient (Wildman–Crippen LogP) is 5.60. The predicted molar refractivity (Wildman–Crippen MR) is 93.8 cm³/mol. The van der Waals surface area contributed by atoms with Gasteiger partial charge in [-0.2, -0.15) is 0 Å². The second kappa shape index (κ2) is 7.98. The first-order valence-corrected chi connectivity index (χ1v) is 7.87. The zero-order valence-corrected chi connectivity index (χ0v) is 14.4. The van der Waals surface area contributed by atoms with Crippen LogP contribution >= 0.6 is 0 Å². The van der Waals surface area contributed by atoms with Crippen LogP contribution in [0.15, 0.2) is 58.7 Å². The van der Waals surface area contributed by atoms with Gasteiger partial charge in [-0.15, -0.1) is 0 Å². The first-order chi connectivity index (χ1) is 10.2. The van der Waals surface area contributed by atoms with Crippen molar-refractivity contribution in [1.29, 1.82) is 0 Å². The number of hydrogen-bond acceptors (Lipinski definition) is 1. The quantitative estimate of drug-likeness (QED) is 0.530. The molecule has 1 aliphatic rings. The van der Waals surface area contributed by atoms with Crippen LogP contribution in [0.25, 0.3) is 0 Å². The Labute approximate surface area is 134 Å². The van der Waals surface area contributed by atoms with Crippen molar-refractivity contribution >= 4 is 5.97 Å². The summed E-state index contributed by atoms with van der Waals surface area (Å²) in [5.41, 5.74) is 5.09. The number of carboxylic acid groups (broad SMARTS) is 1. The molecule has 0 unspecified atom stereocenters. The molecular formula is C20H28O2. The molecule has 0 radical (unpaired) electrons. The summed E-state index contributed by atoms with van der Waals surface area (Å²) in [5, 5.41) is 8.65. The Bertz CT molecular complexity index is 567. The van der Waals surface area contributed by atoms with Crippen LogP contribution in [0.3, 0.4) is 0 Å². The number of hydrogen-bond donors (Lipinski definition) is 1. The smallest absolute Gasteiger partial charge is 0.328 e. The molecule has 0 heterocycles. The van der Waals surface area contributed by atoms with E-state index in [-0.39, 0.29) is 5.41 Å². The highest BCUT2D eigenvalue weighted by Gasteiger charge is 2.26. The third kappa shape index (κ3) is 5.88. The summed E-state index contributed by atoms with van der Waals surface area (Å²) in [5.74, 6) is -0.912. The molecular weight excluding hydrogens is 272 g/mol. The molecule has 1 rings (SSSR count). The molecule has 0 atom stereocenters. The van der Waals surface area contributed by atoms with Gasteiger partial charge >= 0.3 is 5.97 Å². The minimum absolute atomic E-state index is 0.260. The van der Waals surface area contributed by atoms with Crippen LogP contribution in [0, 0.1) is 5.41 Å². The molecule has 2 heteroatoms. The Morgan fingerprint density at radius 2 is 1.86 bits per heavy atom. The van der Waals surface area contributed by atoms with Gasteiger partial charge in [-0.3, -0.25) is 0 Å². The number of allylic oxidation sites excluding steroid dienone is 9. The van der Waals surface area contributed by atoms with Crippen LogP contribution in [0.5, 0.6) is 0 Å². The van der Waals surface area contributed by atoms with Crippen molar-refractivity contribution < 1.29 is 9.90 Å². The lowest BCUT2D eigenvalue weighted by atomic mass is 9.72. The molecule has 0 bridgehead atoms. The Morgan fingerprint density at radius 1 is 1.18 bits per heavy atom. The first kappa shape index (κ1) is 18.2. The Hall–Kier alpha value is -1.83. The second-order valence-electron chi connectivity index (χ2n) is 6.76. The fourth-order valence-electron chi connectivity index (χ4n) is 2.88. The number of carboxylic acids is 1. The first-order valence-electron chi connectivity index (χ1n) is 7.87. The van der Waals surface area contributed by atoms with Crippen LogP contribution < -0.4 is 0 Å². The monoisotopic (exact) mass is 300 g/mol. The maximum absolute atomic E-state index is 10.5. The van der Waals surface area contributed by atoms with Gasteiger partial charge in [-0.05, 0) is 56.6 Å². The molecule has 0 fully saturated rings. The molecule has 0 aliphatic heterocycles. The maximum atomic E-state index is 10.5. The van der Waals surface area contributed by atoms with Crippen molar-refractivity contribution in [2.24, 2.45) is 5.41 Å². The molecule has 0 aromatic rings. The van der Waals surface area contributed by atoms with Crippen molar-refractivity contribution in [1.82, 2.24) is 0 Å². The molecule has 0 saturated heterocycles. The molecule has 1 N–H and O–H groups in total. The Kier molecular flexibility index (Phi) is 6.61. The highest BCUT2D eigenvalue weighted by Crippen LogP contribution is 2.40. The van der Waals surface area contributed by atoms with E-state index in [4.69, 9.17) is 5.11 Å². The normalized spacial score (nSPS) is 20.2. The van der Waals surface area contributed by atoms with Crippen molar-refractivity contribution in [3.63, 3.8) is 0 Å². The van der Waals surface area contributed by atoms with E-state index in [9.17, 15) is 4.79 Å². The van der Waals surface area contributed by atoms with Crippen molar-refractivity contribution in [3.8, 4) is 0 Å². The van der Waals surface area contributed by atoms with Crippen LogP contribution in [0.1, 0.15) is 53.9 Å². The molecule has 0 aromatic heterocycles. The zero-order valence-electron chi connectivity index (χ0n) is 14.4. The third-order valence-electron chi connectivity index (χ3n) is 4.12. The van der Waals surface area contributed by atoms with Gasteiger partial charge in [0.05, 0.1) is 0 Å². The van der Waals surface area contributed by atoms with E-state index in [1.54, 1.807) is 13.0 Å². The molecule has 120 valence electrons. The van der Waals surface area contributed by atoms with Crippen molar-refractivity contribution in [3.05, 3.63) is 58.7 Å². The highest BCUT2D eigenvalue weighted by molar-refractivity contribution is 5.81. The van der Waals surface area contributed by atoms with E-state index in [0.29, 0.717) is 0 Å². The lowest BCUT2D eigenvalue weighted by molar-refractivity contribution is -0.131. The summed E-state index contributed by atoms with van der Waals surface area (Å²) in [6.45, 7) is 10.7. The fourth-order valence-corrected chi connectivity index (χ4v) is 2.88. The van der Waals surface area contributed by atoms with E-state index in [1.165, 1.54) is 36.5 Å². The van der Waals surface area contributed by atoms with Gasteiger partial charge in [0.1, 0.15) is 0 Å². The van der Waals surface area contributed by atoms with E-state index in [1.807, 2.05) is 12.2 Å². The summed E-state index contributed by atoms with van der Waals surface area (Å²) in [6.07, 6.45) is 15.0. The Morgan fingerprint density at radius 3 is 2.45 bits per heavy atom. The summed E-state index contributed by atoms with van der Waals surface area (Å²) >= 11 is 0. The molecule has 22 heavy (non-hydrogen) atoms. The summed E-state index contributed by atoms with van der Waals surface area (Å²) < 4.78 is 0. The van der Waals surface area contributed by atoms with Gasteiger partial charge in [0, 0.05) is 6.08 Å². The minimum atomic E-state index is -0.912. The van der Waals surface area contributed by atoms with E-state index in [2.05, 4.69) is 39.8 Å². The standard InChI is InChI=1S/C20H28O2/c1-15(8-6-9-16(2)14-19(21)22)11-12-18-17(3)10-7-13-20(18,4)5/h6,8-9,11-12,14H,7,10,13H2,1-5H3,(H,21,22)/b9-6-,12-11-,15-8+,16-14+. The fraction of sp³-hybridized carbons (Fsp3) is 0.450. The van der Waals surface area contributed by atoms with Crippen LogP contribution in [-0.4, -0.2) is 11.1 Å². The lowest BCUT2D eigenvalue weighted by Crippen LogP contribution is -2.19. The van der Waals surface area contributed by atoms with E-state index >= 15 is 0 Å². The lowest BCUT2D eigenvalue weighted by Gasteiger charge is -2.32. The van der Waals surface area contributed by atoms with Crippen LogP contribution in [-0.2, 0) is 4.79 Å². The Balaban J connectivity index is 2.79. The highest BCUT2D eigenvalue weighted by atomic mass is 16.4. The number of carbonyl (C=O) groups is 1. The average Bonchev–Trinajstić information content (AvgIpc) is 2.36. The summed E-state index contributed by atoms with van der Waals surface area (Å²) in [6, 6.07) is 0. The largest absolute Gasteiger partial charge is 0.478 e. The van der Waals surface area contributed by atoms with Gasteiger partial charge in [0.2, 0.25) is 0 Å². The van der Waals surface area contributed by atoms with Gasteiger partial charge in [0.25, 0.3) is 0 Å². The van der Waals surface area contributed by atoms with Gasteiger partial charge in [-0.1, -0.05) is 55.4 Å². The molecule has 0 amide bonds. The minimum Gasteiger partial charge on any atom is -0.478 e. The van der Waals surface area contributed by atoms with Gasteiger partial charge < -0.3 is 5.11 Å². The van der Waals surface area contributed by atoms with E-state index in [0.717, 1.165) is 11.1 Å². The second-order valence-corrected chi connectivity index (χ2v) is 6.76. The number of rotatable bonds is 5. The SMILES string of the molecule is CC1=C(\C=C/C(C)=C/C=C\C(C)=C\C(=O)O)C(C)(C)CCC1. The molecule has 2 nitrogen and oxygen atoms in total. The van der Waals surface area contributed by atoms with E-state index < -0.39 is 5.97 Å². The molecule has 0 aromatic carbocycles. The van der Waals surface area contributed by atoms with Crippen molar-refractivity contribution in [2.75, 3.05) is 0 Å². The van der Waals surface area contributed by atoms with Gasteiger partial charge in [-0.25, -0.2) is 4.79 Å². The molecule has 0 spiro atoms. The van der Waals surface area contributed by atoms with Crippen molar-refractivity contribution in [2.45, 2.75) is 53.9 Å². The maximum Gasteiger partial charge on any atom is 0.328 e. The van der Waals surface area contributed by atoms with Crippen LogP contribution in [0.2, 0.25) is 0 Å². The summed E-state index contributed by atoms with van der Waals surface area (Å²) in [4.78, 5) is 10.5. The van der Waals surface area contributed by atoms with Gasteiger partial charge in [0.15, 0.2) is 0 Å². The average molecular weight is 300 g/mol. The third-order valence-corrected chi connectivity index (χ3v) is 4.12. The topological polar surface area (TPSA) is 37.3 Å². The summed E-state index contributed by atoms with van der Waals surface area (Å²) in [7, 11) is 0. The zero-order chi connectivity index (χ0) is 16.8.